The Hall–Kier alpha value is -0.320. The molecule has 0 unspecified atom stereocenters. The van der Waals surface area contributed by atoms with Gasteiger partial charge in [0.2, 0.25) is 0 Å². The van der Waals surface area contributed by atoms with Crippen molar-refractivity contribution in [3.63, 3.8) is 0 Å². The Kier molecular flexibility index (Phi) is 3.83. The molecule has 1 aromatic rings. The van der Waals surface area contributed by atoms with Crippen LogP contribution in [0, 0.1) is 6.92 Å². The van der Waals surface area contributed by atoms with Crippen molar-refractivity contribution in [2.24, 2.45) is 0 Å². The minimum atomic E-state index is 0.562. The smallest absolute Gasteiger partial charge is 0.189 e. The molecule has 15 heavy (non-hydrogen) atoms. The molecule has 0 bridgehead atoms. The van der Waals surface area contributed by atoms with Crippen molar-refractivity contribution in [2.75, 3.05) is 12.3 Å². The summed E-state index contributed by atoms with van der Waals surface area (Å²) in [4.78, 5) is 8.46. The first-order valence-electron chi connectivity index (χ1n) is 5.11. The first-order chi connectivity index (χ1) is 7.25. The van der Waals surface area contributed by atoms with Crippen LogP contribution >= 0.6 is 23.4 Å². The maximum absolute atomic E-state index is 5.93. The third-order valence-electron chi connectivity index (χ3n) is 2.46. The van der Waals surface area contributed by atoms with Gasteiger partial charge in [-0.25, -0.2) is 9.97 Å². The third-order valence-corrected chi connectivity index (χ3v) is 3.87. The molecule has 0 radical (unpaired) electrons. The molecule has 0 aliphatic carbocycles. The lowest BCUT2D eigenvalue weighted by Gasteiger charge is -2.08. The van der Waals surface area contributed by atoms with Crippen LogP contribution in [0.25, 0.3) is 0 Å². The molecule has 1 saturated heterocycles. The van der Waals surface area contributed by atoms with Crippen LogP contribution in [0.2, 0.25) is 5.15 Å². The average molecular weight is 244 g/mol. The molecule has 0 saturated carbocycles. The van der Waals surface area contributed by atoms with Gasteiger partial charge in [0.25, 0.3) is 0 Å². The zero-order chi connectivity index (χ0) is 10.7. The first-order valence-corrected chi connectivity index (χ1v) is 6.47. The third kappa shape index (κ3) is 3.06. The van der Waals surface area contributed by atoms with Crippen LogP contribution in [-0.4, -0.2) is 28.3 Å². The highest BCUT2D eigenvalue weighted by molar-refractivity contribution is 7.99. The van der Waals surface area contributed by atoms with Gasteiger partial charge in [0.05, 0.1) is 0 Å². The number of thioether (sulfide) groups is 1. The quantitative estimate of drug-likeness (QED) is 0.502. The maximum Gasteiger partial charge on any atom is 0.189 e. The van der Waals surface area contributed by atoms with Crippen molar-refractivity contribution in [3.8, 4) is 0 Å². The van der Waals surface area contributed by atoms with E-state index in [0.717, 1.165) is 23.0 Å². The van der Waals surface area contributed by atoms with Crippen LogP contribution in [0.15, 0.2) is 11.4 Å². The molecule has 1 aromatic heterocycles. The SMILES string of the molecule is Cc1cnc(SC[C@@H]2CCCN2)nc1Cl. The van der Waals surface area contributed by atoms with Crippen molar-refractivity contribution in [3.05, 3.63) is 16.9 Å². The summed E-state index contributed by atoms with van der Waals surface area (Å²) < 4.78 is 0. The molecule has 82 valence electrons. The predicted molar refractivity (Wildman–Crippen MR) is 63.5 cm³/mol. The summed E-state index contributed by atoms with van der Waals surface area (Å²) >= 11 is 7.60. The summed E-state index contributed by atoms with van der Waals surface area (Å²) in [5.74, 6) is 1.03. The Balaban J connectivity index is 1.90. The second-order valence-corrected chi connectivity index (χ2v) is 5.08. The topological polar surface area (TPSA) is 37.8 Å². The number of nitrogens with zero attached hydrogens (tertiary/aromatic N) is 2. The highest BCUT2D eigenvalue weighted by Gasteiger charge is 2.14. The van der Waals surface area contributed by atoms with Crippen molar-refractivity contribution in [1.29, 1.82) is 0 Å². The van der Waals surface area contributed by atoms with E-state index in [9.17, 15) is 0 Å². The van der Waals surface area contributed by atoms with E-state index in [0.29, 0.717) is 11.2 Å². The number of hydrogen-bond donors (Lipinski definition) is 1. The molecule has 0 amide bonds. The number of aromatic nitrogens is 2. The standard InChI is InChI=1S/C10H14ClN3S/c1-7-5-13-10(14-9(7)11)15-6-8-3-2-4-12-8/h5,8,12H,2-4,6H2,1H3/t8-/m0/s1. The average Bonchev–Trinajstić information content (AvgIpc) is 2.73. The summed E-state index contributed by atoms with van der Waals surface area (Å²) in [7, 11) is 0. The van der Waals surface area contributed by atoms with E-state index in [1.54, 1.807) is 18.0 Å². The predicted octanol–water partition coefficient (Wildman–Crippen LogP) is 2.28. The van der Waals surface area contributed by atoms with Crippen LogP contribution in [0.4, 0.5) is 0 Å². The van der Waals surface area contributed by atoms with Crippen molar-refractivity contribution < 1.29 is 0 Å². The zero-order valence-corrected chi connectivity index (χ0v) is 10.2. The molecule has 1 N–H and O–H groups in total. The normalized spacial score (nSPS) is 20.8. The Morgan fingerprint density at radius 1 is 1.67 bits per heavy atom. The fourth-order valence-corrected chi connectivity index (χ4v) is 2.65. The monoisotopic (exact) mass is 243 g/mol. The van der Waals surface area contributed by atoms with Gasteiger partial charge in [0, 0.05) is 23.6 Å². The second-order valence-electron chi connectivity index (χ2n) is 3.73. The Morgan fingerprint density at radius 3 is 3.20 bits per heavy atom. The van der Waals surface area contributed by atoms with Gasteiger partial charge >= 0.3 is 0 Å². The lowest BCUT2D eigenvalue weighted by atomic mass is 10.3. The number of halogens is 1. The number of aryl methyl sites for hydroxylation is 1. The molecule has 3 nitrogen and oxygen atoms in total. The zero-order valence-electron chi connectivity index (χ0n) is 8.66. The fourth-order valence-electron chi connectivity index (χ4n) is 1.55. The summed E-state index contributed by atoms with van der Waals surface area (Å²) in [6.45, 7) is 3.05. The first kappa shape index (κ1) is 11.2. The van der Waals surface area contributed by atoms with E-state index in [-0.39, 0.29) is 0 Å². The number of hydrogen-bond acceptors (Lipinski definition) is 4. The minimum absolute atomic E-state index is 0.562. The lowest BCUT2D eigenvalue weighted by Crippen LogP contribution is -2.23. The van der Waals surface area contributed by atoms with Crippen molar-refractivity contribution >= 4 is 23.4 Å². The molecule has 2 heterocycles. The minimum Gasteiger partial charge on any atom is -0.313 e. The molecule has 1 aliphatic heterocycles. The maximum atomic E-state index is 5.93. The van der Waals surface area contributed by atoms with Gasteiger partial charge in [-0.05, 0) is 26.3 Å². The van der Waals surface area contributed by atoms with Gasteiger partial charge < -0.3 is 5.32 Å². The van der Waals surface area contributed by atoms with Crippen molar-refractivity contribution in [2.45, 2.75) is 31.0 Å². The molecular formula is C10H14ClN3S. The molecule has 1 fully saturated rings. The summed E-state index contributed by atoms with van der Waals surface area (Å²) in [5, 5.41) is 4.78. The van der Waals surface area contributed by atoms with E-state index in [2.05, 4.69) is 15.3 Å². The van der Waals surface area contributed by atoms with Crippen molar-refractivity contribution in [1.82, 2.24) is 15.3 Å². The molecule has 1 atom stereocenters. The van der Waals surface area contributed by atoms with E-state index in [4.69, 9.17) is 11.6 Å². The molecule has 1 aliphatic rings. The number of rotatable bonds is 3. The van der Waals surface area contributed by atoms with Crippen LogP contribution < -0.4 is 5.32 Å². The van der Waals surface area contributed by atoms with Gasteiger partial charge in [-0.3, -0.25) is 0 Å². The molecule has 0 aromatic carbocycles. The number of nitrogens with one attached hydrogen (secondary N) is 1. The Labute approximate surface area is 99.0 Å². The van der Waals surface area contributed by atoms with E-state index < -0.39 is 0 Å². The second kappa shape index (κ2) is 5.14. The van der Waals surface area contributed by atoms with Gasteiger partial charge in [-0.15, -0.1) is 0 Å². The highest BCUT2D eigenvalue weighted by Crippen LogP contribution is 2.20. The van der Waals surface area contributed by atoms with Crippen LogP contribution in [-0.2, 0) is 0 Å². The van der Waals surface area contributed by atoms with E-state index in [1.165, 1.54) is 12.8 Å². The lowest BCUT2D eigenvalue weighted by molar-refractivity contribution is 0.673. The van der Waals surface area contributed by atoms with Gasteiger partial charge in [0.1, 0.15) is 5.15 Å². The summed E-state index contributed by atoms with van der Waals surface area (Å²) in [5.41, 5.74) is 0.931. The van der Waals surface area contributed by atoms with Crippen LogP contribution in [0.1, 0.15) is 18.4 Å². The Morgan fingerprint density at radius 2 is 2.53 bits per heavy atom. The molecular weight excluding hydrogens is 230 g/mol. The molecule has 0 spiro atoms. The van der Waals surface area contributed by atoms with Crippen LogP contribution in [0.3, 0.4) is 0 Å². The van der Waals surface area contributed by atoms with Gasteiger partial charge in [-0.1, -0.05) is 23.4 Å². The summed E-state index contributed by atoms with van der Waals surface area (Å²) in [6, 6.07) is 0.610. The summed E-state index contributed by atoms with van der Waals surface area (Å²) in [6.07, 6.45) is 4.31. The fraction of sp³-hybridized carbons (Fsp3) is 0.600. The van der Waals surface area contributed by atoms with Crippen LogP contribution in [0.5, 0.6) is 0 Å². The largest absolute Gasteiger partial charge is 0.313 e. The Bertz CT molecular complexity index is 339. The van der Waals surface area contributed by atoms with Gasteiger partial charge in [0.15, 0.2) is 5.16 Å². The van der Waals surface area contributed by atoms with E-state index >= 15 is 0 Å². The molecule has 5 heteroatoms. The highest BCUT2D eigenvalue weighted by atomic mass is 35.5. The molecule has 2 rings (SSSR count). The van der Waals surface area contributed by atoms with E-state index in [1.807, 2.05) is 6.92 Å². The van der Waals surface area contributed by atoms with Gasteiger partial charge in [-0.2, -0.15) is 0 Å².